The number of anilines is 2. The van der Waals surface area contributed by atoms with Crippen molar-refractivity contribution in [2.45, 2.75) is 38.6 Å². The topological polar surface area (TPSA) is 113 Å². The lowest BCUT2D eigenvalue weighted by atomic mass is 10.0. The predicted molar refractivity (Wildman–Crippen MR) is 177 cm³/mol. The van der Waals surface area contributed by atoms with Crippen molar-refractivity contribution in [2.24, 2.45) is 0 Å². The number of carbonyl (C=O) groups is 2. The molecular weight excluding hydrogens is 666 g/mol. The number of ether oxygens (including phenoxy) is 2. The zero-order chi connectivity index (χ0) is 35.5. The van der Waals surface area contributed by atoms with Crippen LogP contribution in [0.2, 0.25) is 0 Å². The molecule has 1 aliphatic heterocycles. The molecule has 260 valence electrons. The molecule has 3 heterocycles. The maximum Gasteiger partial charge on any atom is 0.422 e. The molecule has 0 radical (unpaired) electrons. The smallest absolute Gasteiger partial charge is 0.422 e. The number of hydrogen-bond donors (Lipinski definition) is 1. The molecule has 0 bridgehead atoms. The van der Waals surface area contributed by atoms with E-state index in [1.54, 1.807) is 39.3 Å². The number of carbonyl (C=O) groups excluding carboxylic acids is 2. The monoisotopic (exact) mass is 701 g/mol. The second-order valence-corrected chi connectivity index (χ2v) is 13.3. The molecule has 1 fully saturated rings. The van der Waals surface area contributed by atoms with E-state index in [2.05, 4.69) is 20.5 Å². The van der Waals surface area contributed by atoms with Crippen molar-refractivity contribution in [3.8, 4) is 22.8 Å². The third-order valence-electron chi connectivity index (χ3n) is 7.59. The molecule has 1 atom stereocenters. The number of piperazine rings is 1. The molecule has 1 N–H and O–H groups in total. The standard InChI is InChI=1S/C33H35F4N7O4S/c1-32(2,3)48-31(46)43(5)17-21-18-44(15-14-42(21)4)28-23(40-29(45)30-41-24(19-49-30)20-12-13-38-39-16-20)10-11-26(27(28)33(35,36)37)47-25-9-7-6-8-22(25)34/h6-13,16,19,21H,14-15,17-18H2,1-5H3,(H,40,45)/t21-/m0/s1. The van der Waals surface area contributed by atoms with E-state index in [4.69, 9.17) is 9.47 Å². The van der Waals surface area contributed by atoms with E-state index in [1.165, 1.54) is 46.5 Å². The highest BCUT2D eigenvalue weighted by molar-refractivity contribution is 7.12. The molecule has 1 saturated heterocycles. The van der Waals surface area contributed by atoms with Gasteiger partial charge in [-0.2, -0.15) is 23.4 Å². The average Bonchev–Trinajstić information content (AvgIpc) is 3.54. The van der Waals surface area contributed by atoms with Crippen LogP contribution in [0, 0.1) is 5.82 Å². The number of alkyl halides is 3. The second kappa shape index (κ2) is 14.3. The molecule has 0 spiro atoms. The number of thiazole rings is 1. The van der Waals surface area contributed by atoms with E-state index in [1.807, 2.05) is 11.9 Å². The summed E-state index contributed by atoms with van der Waals surface area (Å²) in [7, 11) is 3.37. The fourth-order valence-electron chi connectivity index (χ4n) is 5.21. The molecule has 11 nitrogen and oxygen atoms in total. The molecular formula is C33H35F4N7O4S. The quantitative estimate of drug-likeness (QED) is 0.199. The van der Waals surface area contributed by atoms with Crippen LogP contribution in [0.5, 0.6) is 11.5 Å². The Labute approximate surface area is 284 Å². The fraction of sp³-hybridized carbons (Fsp3) is 0.364. The summed E-state index contributed by atoms with van der Waals surface area (Å²) in [6, 6.07) is 8.71. The van der Waals surface area contributed by atoms with Crippen LogP contribution in [0.15, 0.2) is 60.2 Å². The third-order valence-corrected chi connectivity index (χ3v) is 8.43. The Morgan fingerprint density at radius 3 is 2.49 bits per heavy atom. The Morgan fingerprint density at radius 1 is 1.06 bits per heavy atom. The van der Waals surface area contributed by atoms with Gasteiger partial charge in [-0.1, -0.05) is 12.1 Å². The van der Waals surface area contributed by atoms with Gasteiger partial charge in [-0.15, -0.1) is 11.3 Å². The number of aromatic nitrogens is 3. The first-order valence-electron chi connectivity index (χ1n) is 15.2. The van der Waals surface area contributed by atoms with Crippen LogP contribution in [-0.2, 0) is 10.9 Å². The van der Waals surface area contributed by atoms with Gasteiger partial charge in [-0.3, -0.25) is 9.69 Å². The number of benzene rings is 2. The molecule has 5 rings (SSSR count). The van der Waals surface area contributed by atoms with Crippen LogP contribution in [0.4, 0.5) is 33.7 Å². The number of hydrogen-bond acceptors (Lipinski definition) is 10. The van der Waals surface area contributed by atoms with Crippen molar-refractivity contribution in [1.29, 1.82) is 0 Å². The number of rotatable bonds is 8. The van der Waals surface area contributed by atoms with Crippen LogP contribution in [0.25, 0.3) is 11.3 Å². The minimum atomic E-state index is -4.99. The lowest BCUT2D eigenvalue weighted by Crippen LogP contribution is -2.56. The molecule has 2 aromatic heterocycles. The van der Waals surface area contributed by atoms with Gasteiger partial charge in [0.2, 0.25) is 0 Å². The first-order valence-corrected chi connectivity index (χ1v) is 16.1. The lowest BCUT2D eigenvalue weighted by molar-refractivity contribution is -0.138. The Bertz CT molecular complexity index is 1800. The van der Waals surface area contributed by atoms with Gasteiger partial charge < -0.3 is 24.6 Å². The van der Waals surface area contributed by atoms with Crippen molar-refractivity contribution in [3.63, 3.8) is 0 Å². The summed E-state index contributed by atoms with van der Waals surface area (Å²) >= 11 is 1.01. The van der Waals surface area contributed by atoms with Crippen LogP contribution in [0.3, 0.4) is 0 Å². The van der Waals surface area contributed by atoms with E-state index < -0.39 is 52.7 Å². The Morgan fingerprint density at radius 2 is 1.82 bits per heavy atom. The Hall–Kier alpha value is -4.83. The van der Waals surface area contributed by atoms with Crippen LogP contribution in [-0.4, -0.2) is 88.9 Å². The molecule has 0 saturated carbocycles. The van der Waals surface area contributed by atoms with Crippen LogP contribution >= 0.6 is 11.3 Å². The van der Waals surface area contributed by atoms with Gasteiger partial charge in [0.15, 0.2) is 16.6 Å². The fourth-order valence-corrected chi connectivity index (χ4v) is 5.93. The van der Waals surface area contributed by atoms with Crippen molar-refractivity contribution in [1.82, 2.24) is 25.0 Å². The number of para-hydroxylation sites is 1. The molecule has 2 amide bonds. The van der Waals surface area contributed by atoms with Gasteiger partial charge in [-0.25, -0.2) is 14.2 Å². The zero-order valence-corrected chi connectivity index (χ0v) is 28.2. The summed E-state index contributed by atoms with van der Waals surface area (Å²) in [6.07, 6.45) is -2.62. The summed E-state index contributed by atoms with van der Waals surface area (Å²) < 4.78 is 71.0. The van der Waals surface area contributed by atoms with Crippen LogP contribution < -0.4 is 15.0 Å². The highest BCUT2D eigenvalue weighted by atomic mass is 32.1. The predicted octanol–water partition coefficient (Wildman–Crippen LogP) is 6.79. The van der Waals surface area contributed by atoms with Gasteiger partial charge >= 0.3 is 12.3 Å². The highest BCUT2D eigenvalue weighted by Gasteiger charge is 2.42. The lowest BCUT2D eigenvalue weighted by Gasteiger charge is -2.43. The number of nitrogens with zero attached hydrogens (tertiary/aromatic N) is 6. The summed E-state index contributed by atoms with van der Waals surface area (Å²) in [5, 5.41) is 11.8. The maximum atomic E-state index is 15.1. The SMILES string of the molecule is CN(C[C@H]1CN(c2c(NC(=O)c3nc(-c4ccnnc4)cs3)ccc(Oc3ccccc3F)c2C(F)(F)F)CCN1C)C(=O)OC(C)(C)C. The molecule has 2 aromatic carbocycles. The average molecular weight is 702 g/mol. The number of amides is 2. The van der Waals surface area contributed by atoms with Crippen molar-refractivity contribution in [2.75, 3.05) is 50.5 Å². The number of halogens is 4. The minimum absolute atomic E-state index is 0.00763. The van der Waals surface area contributed by atoms with Gasteiger partial charge in [0.25, 0.3) is 5.91 Å². The van der Waals surface area contributed by atoms with E-state index in [9.17, 15) is 14.0 Å². The molecule has 49 heavy (non-hydrogen) atoms. The molecule has 16 heteroatoms. The Balaban J connectivity index is 1.53. The molecule has 0 aliphatic carbocycles. The molecule has 4 aromatic rings. The van der Waals surface area contributed by atoms with Gasteiger partial charge in [-0.05, 0) is 58.2 Å². The van der Waals surface area contributed by atoms with Crippen molar-refractivity contribution in [3.05, 3.63) is 76.6 Å². The number of likely N-dealkylation sites (N-methyl/N-ethyl adjacent to an activating group) is 2. The first-order chi connectivity index (χ1) is 23.1. The van der Waals surface area contributed by atoms with E-state index in [-0.39, 0.29) is 36.0 Å². The third kappa shape index (κ3) is 8.61. The van der Waals surface area contributed by atoms with E-state index >= 15 is 13.2 Å². The van der Waals surface area contributed by atoms with Crippen LogP contribution in [0.1, 0.15) is 36.1 Å². The largest absolute Gasteiger partial charge is 0.454 e. The summed E-state index contributed by atoms with van der Waals surface area (Å²) in [5.74, 6) is -2.62. The first kappa shape index (κ1) is 35.5. The van der Waals surface area contributed by atoms with Gasteiger partial charge in [0, 0.05) is 50.2 Å². The summed E-state index contributed by atoms with van der Waals surface area (Å²) in [6.45, 7) is 5.85. The molecule has 0 unspecified atom stereocenters. The minimum Gasteiger partial charge on any atom is -0.454 e. The normalized spacial score (nSPS) is 15.5. The highest BCUT2D eigenvalue weighted by Crippen LogP contribution is 2.48. The summed E-state index contributed by atoms with van der Waals surface area (Å²) in [5.41, 5.74) is -1.38. The Kier molecular flexibility index (Phi) is 10.4. The van der Waals surface area contributed by atoms with E-state index in [0.717, 1.165) is 23.5 Å². The van der Waals surface area contributed by atoms with Crippen molar-refractivity contribution >= 4 is 34.7 Å². The van der Waals surface area contributed by atoms with Crippen molar-refractivity contribution < 1.29 is 36.6 Å². The molecule has 1 aliphatic rings. The zero-order valence-electron chi connectivity index (χ0n) is 27.4. The second-order valence-electron chi connectivity index (χ2n) is 12.4. The number of nitrogens with one attached hydrogen (secondary N) is 1. The maximum absolute atomic E-state index is 15.1. The van der Waals surface area contributed by atoms with Gasteiger partial charge in [0.1, 0.15) is 16.9 Å². The van der Waals surface area contributed by atoms with E-state index in [0.29, 0.717) is 17.8 Å². The summed E-state index contributed by atoms with van der Waals surface area (Å²) in [4.78, 5) is 35.4. The van der Waals surface area contributed by atoms with Gasteiger partial charge in [0.05, 0.1) is 29.5 Å².